The van der Waals surface area contributed by atoms with Crippen molar-refractivity contribution in [2.24, 2.45) is 4.99 Å². The molecule has 88 valence electrons. The van der Waals surface area contributed by atoms with Crippen LogP contribution < -0.4 is 0 Å². The normalized spacial score (nSPS) is 18.1. The maximum atomic E-state index is 8.66. The van der Waals surface area contributed by atoms with Crippen LogP contribution in [0.5, 0.6) is 0 Å². The van der Waals surface area contributed by atoms with Crippen LogP contribution in [0.2, 0.25) is 0 Å². The number of hydrogen-bond donors (Lipinski definition) is 0. The lowest BCUT2D eigenvalue weighted by atomic mass is 10.1. The first-order valence-electron chi connectivity index (χ1n) is 6.14. The van der Waals surface area contributed by atoms with Gasteiger partial charge in [-0.15, -0.1) is 0 Å². The summed E-state index contributed by atoms with van der Waals surface area (Å²) in [7, 11) is 0. The Balaban J connectivity index is 2.11. The fraction of sp³-hybridized carbons (Fsp3) is 0.429. The van der Waals surface area contributed by atoms with E-state index in [1.807, 2.05) is 30.3 Å². The van der Waals surface area contributed by atoms with Crippen molar-refractivity contribution in [1.29, 1.82) is 5.26 Å². The summed E-state index contributed by atoms with van der Waals surface area (Å²) in [6.07, 6.45) is 4.02. The summed E-state index contributed by atoms with van der Waals surface area (Å²) in [6.45, 7) is 1.84. The van der Waals surface area contributed by atoms with Crippen LogP contribution in [0.15, 0.2) is 35.3 Å². The van der Waals surface area contributed by atoms with Crippen molar-refractivity contribution in [2.75, 3.05) is 13.1 Å². The van der Waals surface area contributed by atoms with Gasteiger partial charge in [-0.2, -0.15) is 5.26 Å². The molecule has 0 unspecified atom stereocenters. The zero-order valence-electron chi connectivity index (χ0n) is 9.97. The lowest BCUT2D eigenvalue weighted by molar-refractivity contribution is 0.377. The molecule has 3 heteroatoms. The van der Waals surface area contributed by atoms with Crippen molar-refractivity contribution in [2.45, 2.75) is 25.7 Å². The van der Waals surface area contributed by atoms with E-state index in [1.54, 1.807) is 0 Å². The van der Waals surface area contributed by atoms with Crippen LogP contribution >= 0.6 is 0 Å². The van der Waals surface area contributed by atoms with E-state index in [4.69, 9.17) is 5.26 Å². The molecule has 1 aromatic carbocycles. The van der Waals surface area contributed by atoms with Crippen molar-refractivity contribution in [3.63, 3.8) is 0 Å². The second-order valence-corrected chi connectivity index (χ2v) is 4.22. The molecule has 1 saturated heterocycles. The molecule has 0 aromatic heterocycles. The minimum Gasteiger partial charge on any atom is -0.359 e. The molecular formula is C14H17N3. The Morgan fingerprint density at radius 1 is 1.24 bits per heavy atom. The Bertz CT molecular complexity index is 417. The van der Waals surface area contributed by atoms with Crippen LogP contribution in [-0.4, -0.2) is 23.8 Å². The third kappa shape index (κ3) is 3.32. The molecule has 0 spiro atoms. The average molecular weight is 227 g/mol. The number of amidine groups is 1. The van der Waals surface area contributed by atoms with Crippen LogP contribution in [0.4, 0.5) is 5.69 Å². The highest BCUT2D eigenvalue weighted by atomic mass is 15.2. The van der Waals surface area contributed by atoms with E-state index in [0.717, 1.165) is 31.0 Å². The van der Waals surface area contributed by atoms with Crippen molar-refractivity contribution >= 4 is 11.5 Å². The molecule has 1 aliphatic heterocycles. The van der Waals surface area contributed by atoms with E-state index < -0.39 is 0 Å². The van der Waals surface area contributed by atoms with Crippen LogP contribution in [-0.2, 0) is 0 Å². The summed E-state index contributed by atoms with van der Waals surface area (Å²) in [4.78, 5) is 6.94. The number of nitrogens with zero attached hydrogens (tertiary/aromatic N) is 3. The SMILES string of the molecule is N#CCCN1CCCCC1=Nc1ccccc1. The number of hydrogen-bond acceptors (Lipinski definition) is 2. The Labute approximate surface area is 102 Å². The number of para-hydroxylation sites is 1. The monoisotopic (exact) mass is 227 g/mol. The van der Waals surface area contributed by atoms with Gasteiger partial charge in [0.2, 0.25) is 0 Å². The predicted molar refractivity (Wildman–Crippen MR) is 69.2 cm³/mol. The van der Waals surface area contributed by atoms with Gasteiger partial charge in [0.25, 0.3) is 0 Å². The summed E-state index contributed by atoms with van der Waals surface area (Å²) >= 11 is 0. The Hall–Kier alpha value is -1.82. The van der Waals surface area contributed by atoms with E-state index >= 15 is 0 Å². The number of rotatable bonds is 3. The molecule has 17 heavy (non-hydrogen) atoms. The van der Waals surface area contributed by atoms with Gasteiger partial charge in [-0.05, 0) is 25.0 Å². The van der Waals surface area contributed by atoms with Crippen molar-refractivity contribution in [3.05, 3.63) is 30.3 Å². The molecule has 0 radical (unpaired) electrons. The van der Waals surface area contributed by atoms with Gasteiger partial charge >= 0.3 is 0 Å². The van der Waals surface area contributed by atoms with Gasteiger partial charge in [0.15, 0.2) is 0 Å². The highest BCUT2D eigenvalue weighted by Gasteiger charge is 2.15. The molecule has 1 aromatic rings. The summed E-state index contributed by atoms with van der Waals surface area (Å²) < 4.78 is 0. The Kier molecular flexibility index (Phi) is 4.15. The lowest BCUT2D eigenvalue weighted by Crippen LogP contribution is -2.36. The molecule has 1 fully saturated rings. The molecule has 0 bridgehead atoms. The molecule has 0 saturated carbocycles. The van der Waals surface area contributed by atoms with Crippen molar-refractivity contribution < 1.29 is 0 Å². The van der Waals surface area contributed by atoms with Crippen LogP contribution in [0.3, 0.4) is 0 Å². The quantitative estimate of drug-likeness (QED) is 0.795. The number of nitriles is 1. The number of likely N-dealkylation sites (tertiary alicyclic amines) is 1. The van der Waals surface area contributed by atoms with Gasteiger partial charge < -0.3 is 4.90 Å². The highest BCUT2D eigenvalue weighted by molar-refractivity contribution is 5.85. The smallest absolute Gasteiger partial charge is 0.105 e. The fourth-order valence-electron chi connectivity index (χ4n) is 2.08. The zero-order valence-corrected chi connectivity index (χ0v) is 9.97. The molecule has 1 aliphatic rings. The third-order valence-corrected chi connectivity index (χ3v) is 2.95. The van der Waals surface area contributed by atoms with Crippen LogP contribution in [0, 0.1) is 11.3 Å². The first-order valence-corrected chi connectivity index (χ1v) is 6.14. The minimum absolute atomic E-state index is 0.577. The Morgan fingerprint density at radius 3 is 2.82 bits per heavy atom. The lowest BCUT2D eigenvalue weighted by Gasteiger charge is -2.29. The zero-order chi connectivity index (χ0) is 11.9. The maximum Gasteiger partial charge on any atom is 0.105 e. The molecule has 0 atom stereocenters. The minimum atomic E-state index is 0.577. The largest absolute Gasteiger partial charge is 0.359 e. The second-order valence-electron chi connectivity index (χ2n) is 4.22. The molecule has 0 amide bonds. The third-order valence-electron chi connectivity index (χ3n) is 2.95. The molecule has 0 N–H and O–H groups in total. The van der Waals surface area contributed by atoms with Gasteiger partial charge in [-0.3, -0.25) is 0 Å². The van der Waals surface area contributed by atoms with Gasteiger partial charge in [-0.25, -0.2) is 4.99 Å². The van der Waals surface area contributed by atoms with Crippen LogP contribution in [0.1, 0.15) is 25.7 Å². The molecule has 3 nitrogen and oxygen atoms in total. The topological polar surface area (TPSA) is 39.4 Å². The summed E-state index contributed by atoms with van der Waals surface area (Å²) in [6, 6.07) is 12.2. The van der Waals surface area contributed by atoms with E-state index in [1.165, 1.54) is 12.8 Å². The summed E-state index contributed by atoms with van der Waals surface area (Å²) in [5, 5.41) is 8.66. The van der Waals surface area contributed by atoms with Gasteiger partial charge in [0.1, 0.15) is 5.84 Å². The van der Waals surface area contributed by atoms with E-state index in [9.17, 15) is 0 Å². The Morgan fingerprint density at radius 2 is 2.06 bits per heavy atom. The van der Waals surface area contributed by atoms with E-state index in [-0.39, 0.29) is 0 Å². The first-order chi connectivity index (χ1) is 8.40. The summed E-state index contributed by atoms with van der Waals surface area (Å²) in [5.74, 6) is 1.14. The van der Waals surface area contributed by atoms with Crippen LogP contribution in [0.25, 0.3) is 0 Å². The van der Waals surface area contributed by atoms with Crippen molar-refractivity contribution in [3.8, 4) is 6.07 Å². The van der Waals surface area contributed by atoms with Gasteiger partial charge in [-0.1, -0.05) is 18.2 Å². The van der Waals surface area contributed by atoms with Gasteiger partial charge in [0.05, 0.1) is 18.2 Å². The average Bonchev–Trinajstić information content (AvgIpc) is 2.39. The number of aliphatic imine (C=N–C) groups is 1. The van der Waals surface area contributed by atoms with E-state index in [2.05, 4.69) is 16.0 Å². The van der Waals surface area contributed by atoms with E-state index in [0.29, 0.717) is 6.42 Å². The maximum absolute atomic E-state index is 8.66. The summed E-state index contributed by atoms with van der Waals surface area (Å²) in [5.41, 5.74) is 1.01. The highest BCUT2D eigenvalue weighted by Crippen LogP contribution is 2.18. The first kappa shape index (κ1) is 11.7. The number of piperidine rings is 1. The molecule has 0 aliphatic carbocycles. The van der Waals surface area contributed by atoms with Crippen molar-refractivity contribution in [1.82, 2.24) is 4.90 Å². The number of benzene rings is 1. The molecular weight excluding hydrogens is 210 g/mol. The predicted octanol–water partition coefficient (Wildman–Crippen LogP) is 3.12. The molecule has 2 rings (SSSR count). The fourth-order valence-corrected chi connectivity index (χ4v) is 2.08. The molecule has 1 heterocycles. The van der Waals surface area contributed by atoms with Gasteiger partial charge in [0, 0.05) is 19.5 Å². The standard InChI is InChI=1S/C14H17N3/c15-10-6-12-17-11-5-4-9-14(17)16-13-7-2-1-3-8-13/h1-3,7-8H,4-6,9,11-12H2. The second kappa shape index (κ2) is 6.05.